The summed E-state index contributed by atoms with van der Waals surface area (Å²) in [5.41, 5.74) is 31.9. The molecule has 518 valence electrons. The first-order valence-electron chi connectivity index (χ1n) is 38.6. The van der Waals surface area contributed by atoms with Gasteiger partial charge in [-0.1, -0.05) is 356 Å². The highest BCUT2D eigenvalue weighted by Gasteiger charge is 2.46. The Hall–Kier alpha value is -11.8. The van der Waals surface area contributed by atoms with Crippen molar-refractivity contribution in [1.82, 2.24) is 0 Å². The van der Waals surface area contributed by atoms with Gasteiger partial charge in [-0.15, -0.1) is 0 Å². The Bertz CT molecular complexity index is 4940. The Labute approximate surface area is 629 Å². The van der Waals surface area contributed by atoms with Crippen molar-refractivity contribution >= 4 is 46.3 Å². The molecule has 0 amide bonds. The van der Waals surface area contributed by atoms with Crippen LogP contribution in [0.15, 0.2) is 365 Å². The topological polar surface area (TPSA) is 6.48 Å². The zero-order valence-electron chi connectivity index (χ0n) is 60.8. The van der Waals surface area contributed by atoms with Crippen LogP contribution in [0, 0.1) is 0 Å². The molecule has 0 spiro atoms. The van der Waals surface area contributed by atoms with Crippen molar-refractivity contribution in [2.75, 3.05) is 9.80 Å². The monoisotopic (exact) mass is 1370 g/mol. The van der Waals surface area contributed by atoms with Gasteiger partial charge in [0.2, 0.25) is 0 Å². The molecule has 2 heteroatoms. The SMILES string of the molecule is C=Cc1ccc(CCCCCCCC2(c3ccccc3)c3ccccc3-c3ccc(N(c4ccc(-c5ccccc5)cc4)c4ccc(-c5ccc(N(c6ccc(-c7ccccc7)cc6)c6ccc7c(c6)[C@](CCCCCCCc6ccc(C=C)cc6)(c6ccccc6)c6ccccc6-7)cc5)cc4)cc32)cc1. The molecule has 0 N–H and O–H groups in total. The van der Waals surface area contributed by atoms with Gasteiger partial charge >= 0.3 is 0 Å². The Morgan fingerprint density at radius 2 is 0.500 bits per heavy atom. The fourth-order valence-corrected chi connectivity index (χ4v) is 17.4. The van der Waals surface area contributed by atoms with E-state index in [1.807, 2.05) is 12.2 Å². The van der Waals surface area contributed by atoms with Gasteiger partial charge in [-0.25, -0.2) is 0 Å². The fraction of sp³-hybridized carbons (Fsp3) is 0.154. The summed E-state index contributed by atoms with van der Waals surface area (Å²) in [5.74, 6) is 0. The number of hydrogen-bond donors (Lipinski definition) is 0. The van der Waals surface area contributed by atoms with Crippen LogP contribution in [-0.2, 0) is 23.7 Å². The van der Waals surface area contributed by atoms with Crippen molar-refractivity contribution in [2.24, 2.45) is 0 Å². The minimum absolute atomic E-state index is 0.324. The van der Waals surface area contributed by atoms with Crippen molar-refractivity contribution in [1.29, 1.82) is 0 Å². The molecule has 0 radical (unpaired) electrons. The predicted molar refractivity (Wildman–Crippen MR) is 452 cm³/mol. The Balaban J connectivity index is 0.721. The average Bonchev–Trinajstić information content (AvgIpc) is 1.56. The normalized spacial score (nSPS) is 14.5. The molecule has 0 aliphatic heterocycles. The molecule has 0 bridgehead atoms. The second-order valence-electron chi connectivity index (χ2n) is 29.1. The number of nitrogens with zero attached hydrogens (tertiary/aromatic N) is 2. The molecular formula is C104H92N2. The van der Waals surface area contributed by atoms with E-state index >= 15 is 0 Å². The van der Waals surface area contributed by atoms with E-state index in [9.17, 15) is 0 Å². The molecular weight excluding hydrogens is 1280 g/mol. The number of hydrogen-bond acceptors (Lipinski definition) is 2. The maximum Gasteiger partial charge on any atom is 0.0465 e. The third kappa shape index (κ3) is 14.0. The third-order valence-electron chi connectivity index (χ3n) is 22.8. The molecule has 14 aromatic rings. The maximum atomic E-state index is 3.95. The highest BCUT2D eigenvalue weighted by atomic mass is 15.1. The molecule has 2 atom stereocenters. The molecule has 0 aromatic heterocycles. The van der Waals surface area contributed by atoms with Crippen LogP contribution in [0.2, 0.25) is 0 Å². The maximum absolute atomic E-state index is 3.95. The molecule has 14 aromatic carbocycles. The minimum Gasteiger partial charge on any atom is -0.310 e. The molecule has 0 saturated heterocycles. The van der Waals surface area contributed by atoms with Gasteiger partial charge in [0.05, 0.1) is 0 Å². The molecule has 0 heterocycles. The quantitative estimate of drug-likeness (QED) is 0.0431. The summed E-state index contributed by atoms with van der Waals surface area (Å²) in [6.07, 6.45) is 20.0. The van der Waals surface area contributed by atoms with Gasteiger partial charge in [0.25, 0.3) is 0 Å². The zero-order valence-corrected chi connectivity index (χ0v) is 60.8. The Morgan fingerprint density at radius 1 is 0.226 bits per heavy atom. The summed E-state index contributed by atoms with van der Waals surface area (Å²) in [5, 5.41) is 0. The van der Waals surface area contributed by atoms with Crippen molar-refractivity contribution in [3.63, 3.8) is 0 Å². The van der Waals surface area contributed by atoms with Gasteiger partial charge in [0, 0.05) is 45.0 Å². The molecule has 106 heavy (non-hydrogen) atoms. The van der Waals surface area contributed by atoms with Crippen molar-refractivity contribution in [2.45, 2.75) is 101 Å². The molecule has 0 fully saturated rings. The number of anilines is 6. The lowest BCUT2D eigenvalue weighted by atomic mass is 9.69. The summed E-state index contributed by atoms with van der Waals surface area (Å²) < 4.78 is 0. The summed E-state index contributed by atoms with van der Waals surface area (Å²) in [6.45, 7) is 7.90. The van der Waals surface area contributed by atoms with Crippen LogP contribution in [-0.4, -0.2) is 0 Å². The molecule has 2 aliphatic carbocycles. The number of unbranched alkanes of at least 4 members (excludes halogenated alkanes) is 8. The third-order valence-corrected chi connectivity index (χ3v) is 22.8. The zero-order chi connectivity index (χ0) is 71.5. The number of benzene rings is 14. The van der Waals surface area contributed by atoms with Crippen molar-refractivity contribution in [3.05, 3.63) is 421 Å². The highest BCUT2D eigenvalue weighted by molar-refractivity contribution is 5.91. The molecule has 16 rings (SSSR count). The minimum atomic E-state index is -0.324. The average molecular weight is 1370 g/mol. The number of rotatable bonds is 29. The summed E-state index contributed by atoms with van der Waals surface area (Å²) in [6, 6.07) is 132. The lowest BCUT2D eigenvalue weighted by Gasteiger charge is -2.34. The smallest absolute Gasteiger partial charge is 0.0465 e. The van der Waals surface area contributed by atoms with E-state index < -0.39 is 0 Å². The van der Waals surface area contributed by atoms with Gasteiger partial charge < -0.3 is 9.80 Å². The predicted octanol–water partition coefficient (Wildman–Crippen LogP) is 28.7. The van der Waals surface area contributed by atoms with Crippen LogP contribution in [0.4, 0.5) is 34.1 Å². The first-order valence-corrected chi connectivity index (χ1v) is 38.6. The van der Waals surface area contributed by atoms with Crippen molar-refractivity contribution < 1.29 is 0 Å². The summed E-state index contributed by atoms with van der Waals surface area (Å²) in [7, 11) is 0. The Morgan fingerprint density at radius 3 is 0.840 bits per heavy atom. The van der Waals surface area contributed by atoms with Crippen LogP contribution in [0.25, 0.3) is 67.8 Å². The van der Waals surface area contributed by atoms with Crippen LogP contribution >= 0.6 is 0 Å². The largest absolute Gasteiger partial charge is 0.310 e. The van der Waals surface area contributed by atoms with Gasteiger partial charge in [-0.2, -0.15) is 0 Å². The van der Waals surface area contributed by atoms with Gasteiger partial charge in [-0.05, 0) is 223 Å². The molecule has 2 nitrogen and oxygen atoms in total. The molecule has 0 saturated carbocycles. The lowest BCUT2D eigenvalue weighted by Crippen LogP contribution is -2.27. The second kappa shape index (κ2) is 31.6. The van der Waals surface area contributed by atoms with Crippen LogP contribution in [0.1, 0.15) is 133 Å². The highest BCUT2D eigenvalue weighted by Crippen LogP contribution is 2.59. The van der Waals surface area contributed by atoms with Crippen LogP contribution in [0.5, 0.6) is 0 Å². The van der Waals surface area contributed by atoms with Crippen LogP contribution in [0.3, 0.4) is 0 Å². The van der Waals surface area contributed by atoms with Gasteiger partial charge in [0.1, 0.15) is 0 Å². The number of fused-ring (bicyclic) bond motifs is 6. The van der Waals surface area contributed by atoms with E-state index in [0.29, 0.717) is 0 Å². The van der Waals surface area contributed by atoms with E-state index in [1.54, 1.807) is 0 Å². The summed E-state index contributed by atoms with van der Waals surface area (Å²) >= 11 is 0. The first kappa shape index (κ1) is 68.6. The first-order chi connectivity index (χ1) is 52.4. The lowest BCUT2D eigenvalue weighted by molar-refractivity contribution is 0.507. The van der Waals surface area contributed by atoms with E-state index in [1.165, 1.54) is 152 Å². The summed E-state index contributed by atoms with van der Waals surface area (Å²) in [4.78, 5) is 4.95. The molecule has 2 aliphatic rings. The van der Waals surface area contributed by atoms with Gasteiger partial charge in [0.15, 0.2) is 0 Å². The van der Waals surface area contributed by atoms with E-state index in [-0.39, 0.29) is 10.8 Å². The van der Waals surface area contributed by atoms with Gasteiger partial charge in [-0.3, -0.25) is 0 Å². The molecule has 1 unspecified atom stereocenters. The van der Waals surface area contributed by atoms with E-state index in [0.717, 1.165) is 83.8 Å². The standard InChI is InChI=1S/C104H92N2/c1-3-77-45-49-79(50-46-77)31-15-7-5-9-29-73-103(87-37-21-13-22-38-87)99-43-27-25-41-95(99)97-71-69-93(75-101(97)103)105(89-61-53-83(54-62-89)81-33-17-11-18-34-81)91-65-57-85(58-66-91)86-59-67-92(68-60-86)106(90-63-55-84(56-64-90)82-35-19-12-20-36-82)94-70-72-98-96-42-26-28-44-100(96)104(102(98)76-94,88-39-23-14-24-40-88)74-30-10-6-8-16-32-80-51-47-78(4-2)48-52-80/h3-4,11-14,17-28,33-72,75-76H,1-2,5-10,15-16,29-32,73-74H2/t103-,104?/m1/s1. The number of aryl methyl sites for hydroxylation is 2. The van der Waals surface area contributed by atoms with Crippen molar-refractivity contribution in [3.8, 4) is 55.6 Å². The Kier molecular flexibility index (Phi) is 20.5. The fourth-order valence-electron chi connectivity index (χ4n) is 17.4. The second-order valence-corrected chi connectivity index (χ2v) is 29.1. The van der Waals surface area contributed by atoms with E-state index in [2.05, 4.69) is 375 Å². The van der Waals surface area contributed by atoms with E-state index in [4.69, 9.17) is 0 Å². The van der Waals surface area contributed by atoms with Crippen LogP contribution < -0.4 is 9.80 Å².